The first-order valence-electron chi connectivity index (χ1n) is 4.60. The van der Waals surface area contributed by atoms with Gasteiger partial charge in [-0.2, -0.15) is 0 Å². The van der Waals surface area contributed by atoms with Crippen molar-refractivity contribution in [2.45, 2.75) is 33.1 Å². The molecule has 0 radical (unpaired) electrons. The number of nitrogens with two attached hydrogens (primary N) is 1. The molecular weight excluding hydrogens is 176 g/mol. The van der Waals surface area contributed by atoms with Crippen LogP contribution in [0.3, 0.4) is 0 Å². The van der Waals surface area contributed by atoms with Crippen LogP contribution in [0.15, 0.2) is 12.3 Å². The molecule has 0 aromatic carbocycles. The molecule has 0 saturated heterocycles. The van der Waals surface area contributed by atoms with Crippen LogP contribution >= 0.6 is 0 Å². The average Bonchev–Trinajstić information content (AvgIpc) is 2.01. The van der Waals surface area contributed by atoms with Crippen molar-refractivity contribution in [1.29, 1.82) is 0 Å². The fourth-order valence-electron chi connectivity index (χ4n) is 1.60. The molecule has 0 aliphatic carbocycles. The summed E-state index contributed by atoms with van der Waals surface area (Å²) in [5.74, 6) is -0.464. The summed E-state index contributed by atoms with van der Waals surface area (Å²) in [6.07, 6.45) is 1.63. The van der Waals surface area contributed by atoms with Crippen LogP contribution in [0.5, 0.6) is 0 Å². The van der Waals surface area contributed by atoms with Crippen molar-refractivity contribution in [2.24, 2.45) is 5.73 Å². The molecule has 0 fully saturated rings. The van der Waals surface area contributed by atoms with Gasteiger partial charge in [-0.15, -0.1) is 0 Å². The molecule has 0 atom stereocenters. The lowest BCUT2D eigenvalue weighted by molar-refractivity contribution is 0.0995. The number of aromatic nitrogens is 1. The van der Waals surface area contributed by atoms with E-state index in [0.717, 1.165) is 11.1 Å². The lowest BCUT2D eigenvalue weighted by Crippen LogP contribution is -2.20. The molecule has 0 unspecified atom stereocenters. The largest absolute Gasteiger partial charge is 0.364 e. The van der Waals surface area contributed by atoms with E-state index in [0.29, 0.717) is 5.69 Å². The maximum Gasteiger partial charge on any atom is 0.267 e. The molecule has 0 aliphatic rings. The van der Waals surface area contributed by atoms with Crippen LogP contribution in [0.4, 0.5) is 0 Å². The molecule has 0 saturated carbocycles. The SMILES string of the molecule is Cc1c(C(C)(C)C)ccnc1C(N)=O. The van der Waals surface area contributed by atoms with Gasteiger partial charge in [-0.25, -0.2) is 0 Å². The normalized spacial score (nSPS) is 11.4. The van der Waals surface area contributed by atoms with Gasteiger partial charge < -0.3 is 5.73 Å². The van der Waals surface area contributed by atoms with Crippen molar-refractivity contribution >= 4 is 5.91 Å². The standard InChI is InChI=1S/C11H16N2O/c1-7-8(11(2,3)4)5-6-13-9(7)10(12)14/h5-6H,1-4H3,(H2,12,14). The first kappa shape index (κ1) is 10.7. The molecule has 14 heavy (non-hydrogen) atoms. The van der Waals surface area contributed by atoms with Crippen molar-refractivity contribution in [3.05, 3.63) is 29.1 Å². The highest BCUT2D eigenvalue weighted by atomic mass is 16.1. The monoisotopic (exact) mass is 192 g/mol. The molecule has 1 aromatic rings. The van der Waals surface area contributed by atoms with Gasteiger partial charge in [-0.1, -0.05) is 20.8 Å². The summed E-state index contributed by atoms with van der Waals surface area (Å²) in [6, 6.07) is 1.93. The Balaban J connectivity index is 3.35. The predicted octanol–water partition coefficient (Wildman–Crippen LogP) is 1.79. The van der Waals surface area contributed by atoms with E-state index in [-0.39, 0.29) is 5.41 Å². The van der Waals surface area contributed by atoms with E-state index >= 15 is 0 Å². The molecule has 0 aliphatic heterocycles. The molecular formula is C11H16N2O. The van der Waals surface area contributed by atoms with E-state index in [1.165, 1.54) is 0 Å². The van der Waals surface area contributed by atoms with Crippen molar-refractivity contribution in [2.75, 3.05) is 0 Å². The average molecular weight is 192 g/mol. The second kappa shape index (κ2) is 3.40. The van der Waals surface area contributed by atoms with E-state index < -0.39 is 5.91 Å². The van der Waals surface area contributed by atoms with Crippen LogP contribution in [0.2, 0.25) is 0 Å². The smallest absolute Gasteiger partial charge is 0.267 e. The first-order valence-corrected chi connectivity index (χ1v) is 4.60. The van der Waals surface area contributed by atoms with E-state index in [1.807, 2.05) is 13.0 Å². The number of carbonyl (C=O) groups is 1. The second-order valence-electron chi connectivity index (χ2n) is 4.45. The fraction of sp³-hybridized carbons (Fsp3) is 0.455. The second-order valence-corrected chi connectivity index (χ2v) is 4.45. The Kier molecular flexibility index (Phi) is 2.60. The Labute approximate surface area is 84.3 Å². The highest BCUT2D eigenvalue weighted by Crippen LogP contribution is 2.26. The van der Waals surface area contributed by atoms with Crippen molar-refractivity contribution < 1.29 is 4.79 Å². The minimum Gasteiger partial charge on any atom is -0.364 e. The Morgan fingerprint density at radius 1 is 1.43 bits per heavy atom. The molecule has 3 nitrogen and oxygen atoms in total. The Morgan fingerprint density at radius 3 is 2.43 bits per heavy atom. The Bertz CT molecular complexity index is 364. The van der Waals surface area contributed by atoms with Crippen LogP contribution in [0, 0.1) is 6.92 Å². The van der Waals surface area contributed by atoms with Crippen molar-refractivity contribution in [1.82, 2.24) is 4.98 Å². The number of hydrogen-bond acceptors (Lipinski definition) is 2. The summed E-state index contributed by atoms with van der Waals surface area (Å²) in [5, 5.41) is 0. The molecule has 1 heterocycles. The molecule has 0 spiro atoms. The minimum atomic E-state index is -0.464. The van der Waals surface area contributed by atoms with Gasteiger partial charge in [0.2, 0.25) is 0 Å². The number of nitrogens with zero attached hydrogens (tertiary/aromatic N) is 1. The third-order valence-corrected chi connectivity index (χ3v) is 2.25. The third-order valence-electron chi connectivity index (χ3n) is 2.25. The Hall–Kier alpha value is -1.38. The fourth-order valence-corrected chi connectivity index (χ4v) is 1.60. The lowest BCUT2D eigenvalue weighted by Gasteiger charge is -2.22. The zero-order chi connectivity index (χ0) is 10.9. The number of primary amides is 1. The van der Waals surface area contributed by atoms with E-state index in [4.69, 9.17) is 5.73 Å². The zero-order valence-corrected chi connectivity index (χ0v) is 9.09. The number of pyridine rings is 1. The predicted molar refractivity (Wildman–Crippen MR) is 56.2 cm³/mol. The summed E-state index contributed by atoms with van der Waals surface area (Å²) >= 11 is 0. The first-order chi connectivity index (χ1) is 6.34. The van der Waals surface area contributed by atoms with Gasteiger partial charge in [0.05, 0.1) is 0 Å². The van der Waals surface area contributed by atoms with Gasteiger partial charge in [0, 0.05) is 6.20 Å². The summed E-state index contributed by atoms with van der Waals surface area (Å²) in [6.45, 7) is 8.17. The lowest BCUT2D eigenvalue weighted by atomic mass is 9.84. The van der Waals surface area contributed by atoms with Crippen LogP contribution in [0.25, 0.3) is 0 Å². The number of rotatable bonds is 1. The Morgan fingerprint density at radius 2 is 2.00 bits per heavy atom. The third kappa shape index (κ3) is 1.92. The van der Waals surface area contributed by atoms with Crippen LogP contribution < -0.4 is 5.73 Å². The number of carbonyl (C=O) groups excluding carboxylic acids is 1. The maximum atomic E-state index is 11.1. The topological polar surface area (TPSA) is 56.0 Å². The number of hydrogen-bond donors (Lipinski definition) is 1. The van der Waals surface area contributed by atoms with Crippen molar-refractivity contribution in [3.8, 4) is 0 Å². The van der Waals surface area contributed by atoms with Crippen molar-refractivity contribution in [3.63, 3.8) is 0 Å². The van der Waals surface area contributed by atoms with Gasteiger partial charge in [0.15, 0.2) is 0 Å². The molecule has 1 amide bonds. The van der Waals surface area contributed by atoms with Gasteiger partial charge in [0.1, 0.15) is 5.69 Å². The summed E-state index contributed by atoms with van der Waals surface area (Å²) in [4.78, 5) is 15.0. The molecule has 76 valence electrons. The molecule has 1 aromatic heterocycles. The highest BCUT2D eigenvalue weighted by Gasteiger charge is 2.19. The molecule has 3 heteroatoms. The summed E-state index contributed by atoms with van der Waals surface area (Å²) in [7, 11) is 0. The highest BCUT2D eigenvalue weighted by molar-refractivity contribution is 5.92. The minimum absolute atomic E-state index is 0.0111. The van der Waals surface area contributed by atoms with Crippen LogP contribution in [-0.2, 0) is 5.41 Å². The molecule has 0 bridgehead atoms. The number of amides is 1. The maximum absolute atomic E-state index is 11.1. The van der Waals surface area contributed by atoms with Gasteiger partial charge in [-0.05, 0) is 29.5 Å². The summed E-state index contributed by atoms with van der Waals surface area (Å²) < 4.78 is 0. The summed E-state index contributed by atoms with van der Waals surface area (Å²) in [5.41, 5.74) is 7.60. The van der Waals surface area contributed by atoms with E-state index in [2.05, 4.69) is 25.8 Å². The zero-order valence-electron chi connectivity index (χ0n) is 9.09. The van der Waals surface area contributed by atoms with Gasteiger partial charge in [0.25, 0.3) is 5.91 Å². The van der Waals surface area contributed by atoms with Gasteiger partial charge >= 0.3 is 0 Å². The quantitative estimate of drug-likeness (QED) is 0.737. The van der Waals surface area contributed by atoms with E-state index in [1.54, 1.807) is 6.20 Å². The van der Waals surface area contributed by atoms with E-state index in [9.17, 15) is 4.79 Å². The molecule has 2 N–H and O–H groups in total. The molecule has 1 rings (SSSR count). The van der Waals surface area contributed by atoms with Gasteiger partial charge in [-0.3, -0.25) is 9.78 Å². The van der Waals surface area contributed by atoms with Crippen LogP contribution in [0.1, 0.15) is 42.4 Å². The van der Waals surface area contributed by atoms with Crippen LogP contribution in [-0.4, -0.2) is 10.9 Å².